The van der Waals surface area contributed by atoms with Crippen molar-refractivity contribution in [3.05, 3.63) is 41.7 Å². The molecule has 0 amide bonds. The molecule has 4 aromatic rings. The van der Waals surface area contributed by atoms with Gasteiger partial charge in [0, 0.05) is 43.2 Å². The molecule has 1 aromatic carbocycles. The van der Waals surface area contributed by atoms with Crippen LogP contribution in [0.5, 0.6) is 0 Å². The van der Waals surface area contributed by atoms with E-state index in [4.69, 9.17) is 0 Å². The van der Waals surface area contributed by atoms with Gasteiger partial charge in [-0.3, -0.25) is 9.36 Å². The minimum Gasteiger partial charge on any atom is -0.342 e. The number of nitrogens with zero attached hydrogens (tertiary/aromatic N) is 5. The third kappa shape index (κ3) is 2.73. The van der Waals surface area contributed by atoms with Gasteiger partial charge in [-0.25, -0.2) is 4.98 Å². The van der Waals surface area contributed by atoms with Crippen molar-refractivity contribution in [2.45, 2.75) is 28.2 Å². The highest BCUT2D eigenvalue weighted by Gasteiger charge is 2.16. The summed E-state index contributed by atoms with van der Waals surface area (Å²) in [6.45, 7) is 6.05. The van der Waals surface area contributed by atoms with Crippen molar-refractivity contribution in [1.29, 1.82) is 0 Å². The smallest absolute Gasteiger partial charge is 0.104 e. The quantitative estimate of drug-likeness (QED) is 0.603. The first-order valence-electron chi connectivity index (χ1n) is 7.94. The van der Waals surface area contributed by atoms with E-state index in [-0.39, 0.29) is 7.43 Å². The van der Waals surface area contributed by atoms with Crippen LogP contribution in [0.1, 0.15) is 24.6 Å². The van der Waals surface area contributed by atoms with Gasteiger partial charge in [-0.1, -0.05) is 7.43 Å². The maximum absolute atomic E-state index is 4.69. The van der Waals surface area contributed by atoms with Crippen molar-refractivity contribution in [2.24, 2.45) is 14.1 Å². The van der Waals surface area contributed by atoms with Crippen LogP contribution in [0.3, 0.4) is 0 Å². The molecule has 130 valence electrons. The zero-order chi connectivity index (χ0) is 17.0. The SMILES string of the molecule is C.Cc1nc2c(-c3cn(C)nc3C)cc(-c3cn(C)nc3C)cc2[nH]1. The van der Waals surface area contributed by atoms with Gasteiger partial charge in [-0.2, -0.15) is 10.2 Å². The van der Waals surface area contributed by atoms with E-state index in [0.717, 1.165) is 50.5 Å². The standard InChI is InChI=1S/C18H20N6.CH4/c1-10-15(8-23(4)21-10)13-6-14(16-9-24(5)22-11(16)2)18-17(7-13)19-12(3)20-18;/h6-9H,1-5H3,(H,19,20);1H4. The largest absolute Gasteiger partial charge is 0.342 e. The summed E-state index contributed by atoms with van der Waals surface area (Å²) in [6.07, 6.45) is 4.10. The highest BCUT2D eigenvalue weighted by Crippen LogP contribution is 2.35. The zero-order valence-electron chi connectivity index (χ0n) is 14.5. The molecule has 0 bridgehead atoms. The first-order valence-corrected chi connectivity index (χ1v) is 7.94. The molecule has 0 saturated carbocycles. The van der Waals surface area contributed by atoms with Crippen LogP contribution in [0.4, 0.5) is 0 Å². The number of aromatic nitrogens is 6. The molecule has 0 unspecified atom stereocenters. The van der Waals surface area contributed by atoms with E-state index in [9.17, 15) is 0 Å². The zero-order valence-corrected chi connectivity index (χ0v) is 14.5. The first kappa shape index (κ1) is 17.0. The minimum atomic E-state index is 0. The average molecular weight is 336 g/mol. The molecule has 0 saturated heterocycles. The van der Waals surface area contributed by atoms with Gasteiger partial charge in [0.25, 0.3) is 0 Å². The number of nitrogens with one attached hydrogen (secondary N) is 1. The fraction of sp³-hybridized carbons (Fsp3) is 0.316. The summed E-state index contributed by atoms with van der Waals surface area (Å²) < 4.78 is 3.69. The van der Waals surface area contributed by atoms with Gasteiger partial charge < -0.3 is 4.98 Å². The van der Waals surface area contributed by atoms with Crippen LogP contribution in [0.25, 0.3) is 33.3 Å². The lowest BCUT2D eigenvalue weighted by molar-refractivity contribution is 0.756. The number of aryl methyl sites for hydroxylation is 5. The number of imidazole rings is 1. The summed E-state index contributed by atoms with van der Waals surface area (Å²) >= 11 is 0. The third-order valence-corrected chi connectivity index (χ3v) is 4.33. The van der Waals surface area contributed by atoms with E-state index >= 15 is 0 Å². The van der Waals surface area contributed by atoms with E-state index < -0.39 is 0 Å². The Morgan fingerprint density at radius 2 is 1.44 bits per heavy atom. The first-order chi connectivity index (χ1) is 11.4. The fourth-order valence-corrected chi connectivity index (χ4v) is 3.35. The van der Waals surface area contributed by atoms with Crippen molar-refractivity contribution in [3.63, 3.8) is 0 Å². The fourth-order valence-electron chi connectivity index (χ4n) is 3.35. The van der Waals surface area contributed by atoms with E-state index in [0.29, 0.717) is 0 Å². The van der Waals surface area contributed by atoms with Gasteiger partial charge in [0.1, 0.15) is 5.82 Å². The molecule has 3 aromatic heterocycles. The Balaban J connectivity index is 0.00000182. The van der Waals surface area contributed by atoms with Crippen LogP contribution >= 0.6 is 0 Å². The lowest BCUT2D eigenvalue weighted by Crippen LogP contribution is -1.86. The Hall–Kier alpha value is -2.89. The molecule has 0 aliphatic heterocycles. The highest BCUT2D eigenvalue weighted by atomic mass is 15.3. The Morgan fingerprint density at radius 3 is 2.00 bits per heavy atom. The number of H-pyrrole nitrogens is 1. The van der Waals surface area contributed by atoms with E-state index in [1.165, 1.54) is 0 Å². The van der Waals surface area contributed by atoms with E-state index in [1.54, 1.807) is 0 Å². The molecule has 0 atom stereocenters. The van der Waals surface area contributed by atoms with Crippen LogP contribution in [-0.2, 0) is 14.1 Å². The lowest BCUT2D eigenvalue weighted by Gasteiger charge is -2.06. The van der Waals surface area contributed by atoms with Crippen molar-refractivity contribution < 1.29 is 0 Å². The maximum atomic E-state index is 4.69. The number of aromatic amines is 1. The summed E-state index contributed by atoms with van der Waals surface area (Å²) in [5, 5.41) is 8.96. The van der Waals surface area contributed by atoms with Crippen LogP contribution in [0.2, 0.25) is 0 Å². The molecule has 1 N–H and O–H groups in total. The second-order valence-corrected chi connectivity index (χ2v) is 6.35. The molecule has 4 rings (SSSR count). The second kappa shape index (κ2) is 5.88. The molecule has 6 heteroatoms. The Bertz CT molecular complexity index is 1060. The minimum absolute atomic E-state index is 0. The van der Waals surface area contributed by atoms with Crippen LogP contribution in [-0.4, -0.2) is 29.5 Å². The Morgan fingerprint density at radius 1 is 0.840 bits per heavy atom. The third-order valence-electron chi connectivity index (χ3n) is 4.33. The van der Waals surface area contributed by atoms with Gasteiger partial charge >= 0.3 is 0 Å². The number of fused-ring (bicyclic) bond motifs is 1. The monoisotopic (exact) mass is 336 g/mol. The molecule has 0 fully saturated rings. The summed E-state index contributed by atoms with van der Waals surface area (Å²) in [5.41, 5.74) is 8.50. The number of rotatable bonds is 2. The lowest BCUT2D eigenvalue weighted by atomic mass is 9.98. The van der Waals surface area contributed by atoms with Crippen LogP contribution < -0.4 is 0 Å². The van der Waals surface area contributed by atoms with Crippen molar-refractivity contribution in [3.8, 4) is 22.3 Å². The normalized spacial score (nSPS) is 11.1. The summed E-state index contributed by atoms with van der Waals surface area (Å²) in [4.78, 5) is 8.05. The second-order valence-electron chi connectivity index (χ2n) is 6.35. The maximum Gasteiger partial charge on any atom is 0.104 e. The van der Waals surface area contributed by atoms with Gasteiger partial charge in [0.05, 0.1) is 22.4 Å². The van der Waals surface area contributed by atoms with Crippen LogP contribution in [0, 0.1) is 20.8 Å². The average Bonchev–Trinajstić information content (AvgIpc) is 3.14. The molecule has 25 heavy (non-hydrogen) atoms. The molecular formula is C19H24N6. The van der Waals surface area contributed by atoms with Gasteiger partial charge in [0.15, 0.2) is 0 Å². The Kier molecular flexibility index (Phi) is 3.99. The van der Waals surface area contributed by atoms with Crippen molar-refractivity contribution >= 4 is 11.0 Å². The topological polar surface area (TPSA) is 64.3 Å². The number of benzene rings is 1. The number of hydrogen-bond acceptors (Lipinski definition) is 3. The summed E-state index contributed by atoms with van der Waals surface area (Å²) in [6, 6.07) is 4.34. The summed E-state index contributed by atoms with van der Waals surface area (Å²) in [5.74, 6) is 0.910. The van der Waals surface area contributed by atoms with E-state index in [1.807, 2.05) is 50.4 Å². The molecule has 0 spiro atoms. The predicted molar refractivity (Wildman–Crippen MR) is 101 cm³/mol. The van der Waals surface area contributed by atoms with Gasteiger partial charge in [0.2, 0.25) is 0 Å². The molecule has 6 nitrogen and oxygen atoms in total. The van der Waals surface area contributed by atoms with Gasteiger partial charge in [-0.05, 0) is 38.5 Å². The predicted octanol–water partition coefficient (Wildman–Crippen LogP) is 3.93. The molecule has 0 aliphatic rings. The van der Waals surface area contributed by atoms with Gasteiger partial charge in [-0.15, -0.1) is 0 Å². The van der Waals surface area contributed by atoms with Crippen LogP contribution in [0.15, 0.2) is 24.5 Å². The highest BCUT2D eigenvalue weighted by molar-refractivity contribution is 5.96. The molecular weight excluding hydrogens is 312 g/mol. The molecule has 0 aliphatic carbocycles. The summed E-state index contributed by atoms with van der Waals surface area (Å²) in [7, 11) is 3.89. The van der Waals surface area contributed by atoms with E-state index in [2.05, 4.69) is 38.5 Å². The molecule has 0 radical (unpaired) electrons. The van der Waals surface area contributed by atoms with Crippen molar-refractivity contribution in [2.75, 3.05) is 0 Å². The number of hydrogen-bond donors (Lipinski definition) is 1. The Labute approximate surface area is 147 Å². The van der Waals surface area contributed by atoms with Crippen molar-refractivity contribution in [1.82, 2.24) is 29.5 Å². The molecule has 3 heterocycles.